The van der Waals surface area contributed by atoms with Crippen molar-refractivity contribution in [1.82, 2.24) is 24.3 Å². The fourth-order valence-electron chi connectivity index (χ4n) is 2.28. The molecule has 0 atom stereocenters. The molecule has 1 aromatic carbocycles. The third-order valence-electron chi connectivity index (χ3n) is 3.29. The Morgan fingerprint density at radius 3 is 2.86 bits per heavy atom. The topological polar surface area (TPSA) is 60.6 Å². The first-order chi connectivity index (χ1) is 10.4. The lowest BCUT2D eigenvalue weighted by molar-refractivity contribution is 0.651. The zero-order chi connectivity index (χ0) is 14.5. The van der Waals surface area contributed by atoms with Crippen molar-refractivity contribution in [1.29, 1.82) is 0 Å². The highest BCUT2D eigenvalue weighted by Gasteiger charge is 2.06. The molecule has 3 aromatic rings. The lowest BCUT2D eigenvalue weighted by atomic mass is 10.2. The second-order valence-corrected chi connectivity index (χ2v) is 4.79. The van der Waals surface area contributed by atoms with Gasteiger partial charge in [-0.2, -0.15) is 5.10 Å². The van der Waals surface area contributed by atoms with Crippen molar-refractivity contribution < 1.29 is 0 Å². The van der Waals surface area contributed by atoms with E-state index in [4.69, 9.17) is 0 Å². The molecule has 0 saturated carbocycles. The summed E-state index contributed by atoms with van der Waals surface area (Å²) in [6.07, 6.45) is 8.11. The van der Waals surface area contributed by atoms with E-state index < -0.39 is 0 Å². The van der Waals surface area contributed by atoms with Gasteiger partial charge in [0, 0.05) is 12.7 Å². The number of benzene rings is 1. The van der Waals surface area contributed by atoms with Gasteiger partial charge in [-0.05, 0) is 18.6 Å². The van der Waals surface area contributed by atoms with Crippen LogP contribution in [0.1, 0.15) is 19.0 Å². The predicted octanol–water partition coefficient (Wildman–Crippen LogP) is 2.49. The molecule has 0 radical (unpaired) electrons. The van der Waals surface area contributed by atoms with Gasteiger partial charge in [-0.25, -0.2) is 14.6 Å². The summed E-state index contributed by atoms with van der Waals surface area (Å²) in [5.74, 6) is 0. The van der Waals surface area contributed by atoms with Gasteiger partial charge in [-0.3, -0.25) is 0 Å². The molecule has 0 bridgehead atoms. The Morgan fingerprint density at radius 1 is 1.14 bits per heavy atom. The van der Waals surface area contributed by atoms with E-state index in [2.05, 4.69) is 31.9 Å². The Balaban J connectivity index is 1.78. The number of para-hydroxylation sites is 2. The predicted molar refractivity (Wildman–Crippen MR) is 81.2 cm³/mol. The van der Waals surface area contributed by atoms with Crippen molar-refractivity contribution in [2.75, 3.05) is 5.32 Å². The van der Waals surface area contributed by atoms with Gasteiger partial charge < -0.3 is 9.88 Å². The molecule has 21 heavy (non-hydrogen) atoms. The van der Waals surface area contributed by atoms with Crippen LogP contribution in [0, 0.1) is 0 Å². The minimum Gasteiger partial charge on any atom is -0.378 e. The van der Waals surface area contributed by atoms with Gasteiger partial charge in [0.2, 0.25) is 0 Å². The van der Waals surface area contributed by atoms with E-state index in [0.29, 0.717) is 0 Å². The van der Waals surface area contributed by atoms with Crippen LogP contribution in [0.4, 0.5) is 5.69 Å². The van der Waals surface area contributed by atoms with Crippen molar-refractivity contribution >= 4 is 5.69 Å². The van der Waals surface area contributed by atoms with Crippen LogP contribution in [-0.4, -0.2) is 24.3 Å². The van der Waals surface area contributed by atoms with E-state index in [1.165, 1.54) is 12.0 Å². The van der Waals surface area contributed by atoms with Crippen LogP contribution in [0.3, 0.4) is 0 Å². The van der Waals surface area contributed by atoms with Crippen molar-refractivity contribution in [2.45, 2.75) is 26.4 Å². The molecule has 0 aliphatic carbocycles. The Morgan fingerprint density at radius 2 is 2.05 bits per heavy atom. The monoisotopic (exact) mass is 282 g/mol. The highest BCUT2D eigenvalue weighted by Crippen LogP contribution is 2.19. The average molecular weight is 282 g/mol. The van der Waals surface area contributed by atoms with Crippen LogP contribution in [0.25, 0.3) is 5.69 Å². The molecule has 2 aromatic heterocycles. The maximum Gasteiger partial charge on any atom is 0.138 e. The molecule has 0 saturated heterocycles. The molecule has 3 rings (SSSR count). The molecular formula is C15H18N6. The van der Waals surface area contributed by atoms with Crippen LogP contribution in [0.5, 0.6) is 0 Å². The number of imidazole rings is 1. The first kappa shape index (κ1) is 13.4. The third-order valence-corrected chi connectivity index (χ3v) is 3.29. The summed E-state index contributed by atoms with van der Waals surface area (Å²) >= 11 is 0. The fraction of sp³-hybridized carbons (Fsp3) is 0.267. The van der Waals surface area contributed by atoms with E-state index >= 15 is 0 Å². The van der Waals surface area contributed by atoms with Crippen molar-refractivity contribution in [3.05, 3.63) is 55.1 Å². The lowest BCUT2D eigenvalue weighted by Crippen LogP contribution is -2.09. The summed E-state index contributed by atoms with van der Waals surface area (Å²) in [7, 11) is 0. The summed E-state index contributed by atoms with van der Waals surface area (Å²) in [4.78, 5) is 8.22. The highest BCUT2D eigenvalue weighted by molar-refractivity contribution is 5.60. The van der Waals surface area contributed by atoms with Crippen LogP contribution >= 0.6 is 0 Å². The summed E-state index contributed by atoms with van der Waals surface area (Å²) in [5.41, 5.74) is 3.18. The summed E-state index contributed by atoms with van der Waals surface area (Å²) in [5, 5.41) is 7.64. The van der Waals surface area contributed by atoms with Gasteiger partial charge in [-0.1, -0.05) is 19.1 Å². The van der Waals surface area contributed by atoms with Gasteiger partial charge in [0.05, 0.1) is 29.9 Å². The standard InChI is InChI=1S/C15H18N6/c1-2-7-20-11-16-8-13(20)9-18-14-5-3-4-6-15(14)21-12-17-10-19-21/h3-6,8,10-12,18H,2,7,9H2,1H3. The number of rotatable bonds is 6. The number of hydrogen-bond donors (Lipinski definition) is 1. The van der Waals surface area contributed by atoms with Gasteiger partial charge in [-0.15, -0.1) is 0 Å². The molecule has 6 nitrogen and oxygen atoms in total. The first-order valence-electron chi connectivity index (χ1n) is 7.05. The fourth-order valence-corrected chi connectivity index (χ4v) is 2.28. The number of hydrogen-bond acceptors (Lipinski definition) is 4. The van der Waals surface area contributed by atoms with Crippen LogP contribution in [0.15, 0.2) is 49.4 Å². The Labute approximate surface area is 123 Å². The number of nitrogens with zero attached hydrogens (tertiary/aromatic N) is 5. The molecule has 0 fully saturated rings. The van der Waals surface area contributed by atoms with E-state index in [1.54, 1.807) is 11.0 Å². The van der Waals surface area contributed by atoms with Crippen LogP contribution < -0.4 is 5.32 Å². The quantitative estimate of drug-likeness (QED) is 0.754. The number of nitrogens with one attached hydrogen (secondary N) is 1. The Bertz CT molecular complexity index is 686. The molecule has 0 aliphatic rings. The van der Waals surface area contributed by atoms with E-state index in [0.717, 1.165) is 30.9 Å². The Kier molecular flexibility index (Phi) is 3.95. The molecule has 2 heterocycles. The van der Waals surface area contributed by atoms with Gasteiger partial charge in [0.1, 0.15) is 12.7 Å². The molecule has 0 aliphatic heterocycles. The number of aryl methyl sites for hydroxylation is 1. The summed E-state index contributed by atoms with van der Waals surface area (Å²) in [6, 6.07) is 8.05. The molecule has 0 unspecified atom stereocenters. The van der Waals surface area contributed by atoms with E-state index in [9.17, 15) is 0 Å². The molecule has 0 amide bonds. The maximum atomic E-state index is 4.22. The zero-order valence-corrected chi connectivity index (χ0v) is 12.0. The minimum absolute atomic E-state index is 0.728. The largest absolute Gasteiger partial charge is 0.378 e. The average Bonchev–Trinajstić information content (AvgIpc) is 3.17. The maximum absolute atomic E-state index is 4.22. The van der Waals surface area contributed by atoms with E-state index in [-0.39, 0.29) is 0 Å². The molecule has 6 heteroatoms. The molecule has 1 N–H and O–H groups in total. The van der Waals surface area contributed by atoms with Crippen LogP contribution in [0.2, 0.25) is 0 Å². The number of anilines is 1. The lowest BCUT2D eigenvalue weighted by Gasteiger charge is -2.12. The van der Waals surface area contributed by atoms with Crippen LogP contribution in [-0.2, 0) is 13.1 Å². The van der Waals surface area contributed by atoms with Crippen molar-refractivity contribution in [2.24, 2.45) is 0 Å². The van der Waals surface area contributed by atoms with Gasteiger partial charge >= 0.3 is 0 Å². The summed E-state index contributed by atoms with van der Waals surface area (Å²) in [6.45, 7) is 3.88. The summed E-state index contributed by atoms with van der Waals surface area (Å²) < 4.78 is 3.93. The SMILES string of the molecule is CCCn1cncc1CNc1ccccc1-n1cncn1. The molecule has 108 valence electrons. The number of aromatic nitrogens is 5. The third kappa shape index (κ3) is 2.94. The second kappa shape index (κ2) is 6.21. The van der Waals surface area contributed by atoms with Crippen molar-refractivity contribution in [3.63, 3.8) is 0 Å². The highest BCUT2D eigenvalue weighted by atomic mass is 15.3. The second-order valence-electron chi connectivity index (χ2n) is 4.79. The van der Waals surface area contributed by atoms with Gasteiger partial charge in [0.25, 0.3) is 0 Å². The smallest absolute Gasteiger partial charge is 0.138 e. The normalized spacial score (nSPS) is 10.7. The Hall–Kier alpha value is -2.63. The molecular weight excluding hydrogens is 264 g/mol. The van der Waals surface area contributed by atoms with Crippen molar-refractivity contribution in [3.8, 4) is 5.69 Å². The first-order valence-corrected chi connectivity index (χ1v) is 7.05. The zero-order valence-electron chi connectivity index (χ0n) is 12.0. The van der Waals surface area contributed by atoms with E-state index in [1.807, 2.05) is 36.8 Å². The van der Waals surface area contributed by atoms with Gasteiger partial charge in [0.15, 0.2) is 0 Å². The molecule has 0 spiro atoms. The minimum atomic E-state index is 0.728.